The molecule has 0 radical (unpaired) electrons. The highest BCUT2D eigenvalue weighted by Crippen LogP contribution is 2.14. The summed E-state index contributed by atoms with van der Waals surface area (Å²) in [4.78, 5) is 11.2. The fourth-order valence-corrected chi connectivity index (χ4v) is 3.04. The highest BCUT2D eigenvalue weighted by molar-refractivity contribution is 7.91. The smallest absolute Gasteiger partial charge is 0.319 e. The van der Waals surface area contributed by atoms with Crippen LogP contribution in [0, 0.1) is 5.82 Å². The fraction of sp³-hybridized carbons (Fsp3) is 0.133. The monoisotopic (exact) mass is 322 g/mol. The van der Waals surface area contributed by atoms with Gasteiger partial charge in [-0.2, -0.15) is 0 Å². The van der Waals surface area contributed by atoms with Crippen molar-refractivity contribution in [2.24, 2.45) is 0 Å². The van der Waals surface area contributed by atoms with Crippen LogP contribution in [-0.2, 0) is 9.84 Å². The number of anilines is 1. The van der Waals surface area contributed by atoms with Crippen LogP contribution in [-0.4, -0.2) is 26.7 Å². The maximum atomic E-state index is 13.5. The minimum atomic E-state index is -3.78. The van der Waals surface area contributed by atoms with Crippen molar-refractivity contribution in [1.82, 2.24) is 5.32 Å². The first kappa shape index (κ1) is 16.0. The highest BCUT2D eigenvalue weighted by atomic mass is 32.2. The minimum Gasteiger partial charge on any atom is -0.337 e. The molecule has 0 saturated carbocycles. The molecule has 5 nitrogen and oxygen atoms in total. The number of nitrogens with one attached hydrogen (secondary N) is 2. The van der Waals surface area contributed by atoms with Crippen molar-refractivity contribution >= 4 is 21.6 Å². The second kappa shape index (κ2) is 7.04. The van der Waals surface area contributed by atoms with Gasteiger partial charge in [0.25, 0.3) is 0 Å². The Bertz CT molecular complexity index is 748. The Morgan fingerprint density at radius 2 is 1.64 bits per heavy atom. The van der Waals surface area contributed by atoms with E-state index in [1.807, 2.05) is 6.07 Å². The van der Waals surface area contributed by atoms with Gasteiger partial charge in [-0.25, -0.2) is 17.6 Å². The molecule has 0 bridgehead atoms. The van der Waals surface area contributed by atoms with Crippen LogP contribution in [0.25, 0.3) is 0 Å². The standard InChI is InChI=1S/C15H15FN2O3S/c16-13-8-4-5-9-14(13)22(20,21)11-10-17-15(19)18-12-6-2-1-3-7-12/h1-9H,10-11H2,(H2,17,18,19). The summed E-state index contributed by atoms with van der Waals surface area (Å²) < 4.78 is 37.4. The molecule has 0 aliphatic rings. The lowest BCUT2D eigenvalue weighted by atomic mass is 10.3. The van der Waals surface area contributed by atoms with E-state index < -0.39 is 21.7 Å². The van der Waals surface area contributed by atoms with Gasteiger partial charge in [-0.05, 0) is 24.3 Å². The maximum absolute atomic E-state index is 13.5. The summed E-state index contributed by atoms with van der Waals surface area (Å²) in [6.45, 7) is -0.116. The summed E-state index contributed by atoms with van der Waals surface area (Å²) in [6.07, 6.45) is 0. The average Bonchev–Trinajstić information content (AvgIpc) is 2.48. The molecule has 2 aromatic carbocycles. The van der Waals surface area contributed by atoms with Crippen LogP contribution in [0.15, 0.2) is 59.5 Å². The van der Waals surface area contributed by atoms with E-state index in [-0.39, 0.29) is 17.2 Å². The first-order valence-electron chi connectivity index (χ1n) is 6.56. The molecule has 0 spiro atoms. The predicted octanol–water partition coefficient (Wildman–Crippen LogP) is 2.42. The predicted molar refractivity (Wildman–Crippen MR) is 81.9 cm³/mol. The molecule has 0 saturated heterocycles. The molecule has 2 rings (SSSR count). The lowest BCUT2D eigenvalue weighted by Crippen LogP contribution is -2.32. The number of halogens is 1. The van der Waals surface area contributed by atoms with Crippen molar-refractivity contribution in [3.63, 3.8) is 0 Å². The van der Waals surface area contributed by atoms with Crippen LogP contribution in [0.4, 0.5) is 14.9 Å². The summed E-state index contributed by atoms with van der Waals surface area (Å²) >= 11 is 0. The van der Waals surface area contributed by atoms with Gasteiger partial charge < -0.3 is 10.6 Å². The summed E-state index contributed by atoms with van der Waals surface area (Å²) in [5.41, 5.74) is 0.594. The maximum Gasteiger partial charge on any atom is 0.319 e. The number of carbonyl (C=O) groups excluding carboxylic acids is 1. The Morgan fingerprint density at radius 3 is 2.32 bits per heavy atom. The van der Waals surface area contributed by atoms with E-state index in [1.165, 1.54) is 18.2 Å². The lowest BCUT2D eigenvalue weighted by Gasteiger charge is -2.08. The van der Waals surface area contributed by atoms with Gasteiger partial charge in [0.05, 0.1) is 5.75 Å². The SMILES string of the molecule is O=C(NCCS(=O)(=O)c1ccccc1F)Nc1ccccc1. The molecule has 0 fully saturated rings. The number of urea groups is 1. The van der Waals surface area contributed by atoms with Crippen molar-refractivity contribution in [3.05, 3.63) is 60.4 Å². The third kappa shape index (κ3) is 4.29. The molecular weight excluding hydrogens is 307 g/mol. The van der Waals surface area contributed by atoms with Crippen molar-refractivity contribution < 1.29 is 17.6 Å². The van der Waals surface area contributed by atoms with E-state index in [0.717, 1.165) is 6.07 Å². The molecule has 0 heterocycles. The quantitative estimate of drug-likeness (QED) is 0.888. The van der Waals surface area contributed by atoms with Crippen LogP contribution in [0.5, 0.6) is 0 Å². The Balaban J connectivity index is 1.88. The van der Waals surface area contributed by atoms with E-state index in [9.17, 15) is 17.6 Å². The summed E-state index contributed by atoms with van der Waals surface area (Å²) in [6, 6.07) is 13.4. The second-order valence-electron chi connectivity index (χ2n) is 4.50. The van der Waals surface area contributed by atoms with Gasteiger partial charge in [-0.15, -0.1) is 0 Å². The molecule has 7 heteroatoms. The minimum absolute atomic E-state index is 0.116. The largest absolute Gasteiger partial charge is 0.337 e. The Kier molecular flexibility index (Phi) is 5.11. The van der Waals surface area contributed by atoms with Gasteiger partial charge in [-0.3, -0.25) is 0 Å². The van der Waals surface area contributed by atoms with Gasteiger partial charge in [0, 0.05) is 12.2 Å². The van der Waals surface area contributed by atoms with E-state index in [4.69, 9.17) is 0 Å². The third-order valence-electron chi connectivity index (χ3n) is 2.86. The van der Waals surface area contributed by atoms with Crippen LogP contribution < -0.4 is 10.6 Å². The molecule has 2 N–H and O–H groups in total. The molecule has 2 aromatic rings. The van der Waals surface area contributed by atoms with Crippen LogP contribution in [0.2, 0.25) is 0 Å². The molecule has 0 atom stereocenters. The number of hydrogen-bond donors (Lipinski definition) is 2. The Labute approximate surface area is 128 Å². The Hall–Kier alpha value is -2.41. The van der Waals surface area contributed by atoms with E-state index in [1.54, 1.807) is 24.3 Å². The molecule has 0 aliphatic heterocycles. The summed E-state index contributed by atoms with van der Waals surface area (Å²) in [7, 11) is -3.78. The highest BCUT2D eigenvalue weighted by Gasteiger charge is 2.18. The van der Waals surface area contributed by atoms with E-state index in [0.29, 0.717) is 5.69 Å². The third-order valence-corrected chi connectivity index (χ3v) is 4.60. The summed E-state index contributed by atoms with van der Waals surface area (Å²) in [5.74, 6) is -1.17. The average molecular weight is 322 g/mol. The number of amides is 2. The topological polar surface area (TPSA) is 75.3 Å². The molecule has 22 heavy (non-hydrogen) atoms. The number of para-hydroxylation sites is 1. The first-order chi connectivity index (χ1) is 10.5. The lowest BCUT2D eigenvalue weighted by molar-refractivity contribution is 0.252. The second-order valence-corrected chi connectivity index (χ2v) is 6.57. The normalized spacial score (nSPS) is 11.0. The number of carbonyl (C=O) groups is 1. The van der Waals surface area contributed by atoms with Gasteiger partial charge in [0.15, 0.2) is 9.84 Å². The van der Waals surface area contributed by atoms with Gasteiger partial charge in [0.1, 0.15) is 10.7 Å². The van der Waals surface area contributed by atoms with Crippen molar-refractivity contribution in [3.8, 4) is 0 Å². The molecule has 116 valence electrons. The fourth-order valence-electron chi connectivity index (χ4n) is 1.80. The van der Waals surface area contributed by atoms with Crippen LogP contribution in [0.1, 0.15) is 0 Å². The summed E-state index contributed by atoms with van der Waals surface area (Å²) in [5, 5.41) is 4.99. The molecular formula is C15H15FN2O3S. The molecule has 0 aliphatic carbocycles. The first-order valence-corrected chi connectivity index (χ1v) is 8.21. The zero-order valence-electron chi connectivity index (χ0n) is 11.6. The number of sulfone groups is 1. The zero-order chi connectivity index (χ0) is 16.0. The molecule has 0 aromatic heterocycles. The van der Waals surface area contributed by atoms with Crippen molar-refractivity contribution in [2.45, 2.75) is 4.90 Å². The molecule has 0 unspecified atom stereocenters. The molecule has 2 amide bonds. The van der Waals surface area contributed by atoms with Crippen LogP contribution in [0.3, 0.4) is 0 Å². The number of rotatable bonds is 5. The van der Waals surface area contributed by atoms with Gasteiger partial charge in [-0.1, -0.05) is 30.3 Å². The van der Waals surface area contributed by atoms with E-state index in [2.05, 4.69) is 10.6 Å². The van der Waals surface area contributed by atoms with Crippen LogP contribution >= 0.6 is 0 Å². The van der Waals surface area contributed by atoms with Crippen molar-refractivity contribution in [2.75, 3.05) is 17.6 Å². The van der Waals surface area contributed by atoms with E-state index >= 15 is 0 Å². The zero-order valence-corrected chi connectivity index (χ0v) is 12.4. The number of hydrogen-bond acceptors (Lipinski definition) is 3. The van der Waals surface area contributed by atoms with Gasteiger partial charge >= 0.3 is 6.03 Å². The van der Waals surface area contributed by atoms with Crippen molar-refractivity contribution in [1.29, 1.82) is 0 Å². The van der Waals surface area contributed by atoms with Gasteiger partial charge in [0.2, 0.25) is 0 Å². The number of benzene rings is 2. The Morgan fingerprint density at radius 1 is 1.00 bits per heavy atom.